The van der Waals surface area contributed by atoms with Gasteiger partial charge in [0.1, 0.15) is 5.75 Å². The van der Waals surface area contributed by atoms with E-state index in [1.807, 2.05) is 55.5 Å². The highest BCUT2D eigenvalue weighted by Crippen LogP contribution is 2.17. The number of aromatic nitrogens is 1. The molecule has 0 atom stereocenters. The first kappa shape index (κ1) is 14.2. The van der Waals surface area contributed by atoms with Crippen LogP contribution in [0.5, 0.6) is 5.75 Å². The second-order valence-corrected chi connectivity index (χ2v) is 5.24. The Bertz CT molecular complexity index is 851. The van der Waals surface area contributed by atoms with E-state index in [0.29, 0.717) is 12.1 Å². The molecule has 0 aliphatic rings. The van der Waals surface area contributed by atoms with E-state index in [-0.39, 0.29) is 5.56 Å². The van der Waals surface area contributed by atoms with E-state index in [9.17, 15) is 4.79 Å². The number of rotatable bonds is 4. The maximum atomic E-state index is 12.2. The Morgan fingerprint density at radius 1 is 1.14 bits per heavy atom. The zero-order valence-corrected chi connectivity index (χ0v) is 12.6. The summed E-state index contributed by atoms with van der Waals surface area (Å²) >= 11 is 0. The van der Waals surface area contributed by atoms with Crippen molar-refractivity contribution >= 4 is 16.6 Å². The van der Waals surface area contributed by atoms with Crippen LogP contribution in [-0.4, -0.2) is 12.1 Å². The minimum absolute atomic E-state index is 0.0530. The molecular formula is C18H18N2O2. The molecule has 1 heterocycles. The molecule has 3 aromatic rings. The van der Waals surface area contributed by atoms with Gasteiger partial charge >= 0.3 is 0 Å². The number of aryl methyl sites for hydroxylation is 1. The van der Waals surface area contributed by atoms with Gasteiger partial charge < -0.3 is 15.0 Å². The lowest BCUT2D eigenvalue weighted by atomic mass is 10.1. The van der Waals surface area contributed by atoms with Crippen LogP contribution in [0, 0.1) is 6.92 Å². The van der Waals surface area contributed by atoms with Crippen LogP contribution in [0.3, 0.4) is 0 Å². The molecule has 22 heavy (non-hydrogen) atoms. The summed E-state index contributed by atoms with van der Waals surface area (Å²) in [6.07, 6.45) is 0. The summed E-state index contributed by atoms with van der Waals surface area (Å²) in [4.78, 5) is 15.2. The van der Waals surface area contributed by atoms with E-state index in [4.69, 9.17) is 4.74 Å². The van der Waals surface area contributed by atoms with Crippen LogP contribution < -0.4 is 15.6 Å². The number of hydrogen-bond donors (Lipinski definition) is 2. The highest BCUT2D eigenvalue weighted by atomic mass is 16.5. The van der Waals surface area contributed by atoms with Gasteiger partial charge in [-0.15, -0.1) is 0 Å². The zero-order chi connectivity index (χ0) is 15.5. The van der Waals surface area contributed by atoms with Crippen molar-refractivity contribution in [1.29, 1.82) is 0 Å². The van der Waals surface area contributed by atoms with Crippen LogP contribution in [-0.2, 0) is 6.54 Å². The molecule has 3 rings (SSSR count). The molecule has 0 saturated carbocycles. The molecule has 0 saturated heterocycles. The highest BCUT2D eigenvalue weighted by molar-refractivity contribution is 5.81. The van der Waals surface area contributed by atoms with Crippen LogP contribution in [0.15, 0.2) is 53.3 Å². The van der Waals surface area contributed by atoms with E-state index in [1.54, 1.807) is 7.11 Å². The molecule has 0 spiro atoms. The molecule has 0 fully saturated rings. The van der Waals surface area contributed by atoms with Crippen molar-refractivity contribution in [2.24, 2.45) is 0 Å². The lowest BCUT2D eigenvalue weighted by molar-refractivity contribution is 0.415. The van der Waals surface area contributed by atoms with Crippen molar-refractivity contribution in [3.63, 3.8) is 0 Å². The Morgan fingerprint density at radius 2 is 1.91 bits per heavy atom. The van der Waals surface area contributed by atoms with Gasteiger partial charge in [0.05, 0.1) is 12.6 Å². The number of fused-ring (bicyclic) bond motifs is 1. The molecule has 0 aliphatic carbocycles. The van der Waals surface area contributed by atoms with Gasteiger partial charge in [-0.05, 0) is 48.2 Å². The van der Waals surface area contributed by atoms with Gasteiger partial charge in [-0.2, -0.15) is 0 Å². The largest absolute Gasteiger partial charge is 0.497 e. The molecule has 0 unspecified atom stereocenters. The number of methoxy groups -OCH3 is 1. The quantitative estimate of drug-likeness (QED) is 0.775. The Hall–Kier alpha value is -2.75. The van der Waals surface area contributed by atoms with Gasteiger partial charge in [0.2, 0.25) is 0 Å². The van der Waals surface area contributed by atoms with E-state index in [2.05, 4.69) is 10.3 Å². The van der Waals surface area contributed by atoms with Crippen molar-refractivity contribution in [2.75, 3.05) is 12.4 Å². The van der Waals surface area contributed by atoms with Crippen molar-refractivity contribution in [3.8, 4) is 5.75 Å². The maximum Gasteiger partial charge on any atom is 0.253 e. The lowest BCUT2D eigenvalue weighted by Gasteiger charge is -2.08. The SMILES string of the molecule is COc1ccc(NCc2cc3cccc(C)c3[nH]c2=O)cc1. The molecular weight excluding hydrogens is 276 g/mol. The third kappa shape index (κ3) is 2.81. The number of nitrogens with one attached hydrogen (secondary N) is 2. The molecule has 2 N–H and O–H groups in total. The number of ether oxygens (including phenoxy) is 1. The van der Waals surface area contributed by atoms with Crippen molar-refractivity contribution < 1.29 is 4.74 Å². The highest BCUT2D eigenvalue weighted by Gasteiger charge is 2.04. The van der Waals surface area contributed by atoms with Crippen LogP contribution in [0.25, 0.3) is 10.9 Å². The summed E-state index contributed by atoms with van der Waals surface area (Å²) in [5.41, 5.74) is 3.59. The Kier molecular flexibility index (Phi) is 3.83. The number of benzene rings is 2. The average molecular weight is 294 g/mol. The molecule has 4 heteroatoms. The minimum Gasteiger partial charge on any atom is -0.497 e. The van der Waals surface area contributed by atoms with E-state index < -0.39 is 0 Å². The van der Waals surface area contributed by atoms with Crippen LogP contribution in [0.1, 0.15) is 11.1 Å². The topological polar surface area (TPSA) is 54.1 Å². The van der Waals surface area contributed by atoms with E-state index in [1.165, 1.54) is 0 Å². The fraction of sp³-hybridized carbons (Fsp3) is 0.167. The third-order valence-corrected chi connectivity index (χ3v) is 3.74. The molecule has 0 aliphatic heterocycles. The maximum absolute atomic E-state index is 12.2. The third-order valence-electron chi connectivity index (χ3n) is 3.74. The molecule has 4 nitrogen and oxygen atoms in total. The number of anilines is 1. The Morgan fingerprint density at radius 3 is 2.64 bits per heavy atom. The van der Waals surface area contributed by atoms with Gasteiger partial charge in [0.25, 0.3) is 5.56 Å². The summed E-state index contributed by atoms with van der Waals surface area (Å²) < 4.78 is 5.13. The number of hydrogen-bond acceptors (Lipinski definition) is 3. The lowest BCUT2D eigenvalue weighted by Crippen LogP contribution is -2.15. The number of para-hydroxylation sites is 1. The molecule has 2 aromatic carbocycles. The predicted octanol–water partition coefficient (Wildman–Crippen LogP) is 3.46. The summed E-state index contributed by atoms with van der Waals surface area (Å²) in [5.74, 6) is 0.810. The minimum atomic E-state index is -0.0530. The molecule has 1 aromatic heterocycles. The monoisotopic (exact) mass is 294 g/mol. The van der Waals surface area contributed by atoms with E-state index >= 15 is 0 Å². The standard InChI is InChI=1S/C18H18N2O2/c1-12-4-3-5-13-10-14(18(21)20-17(12)13)11-19-15-6-8-16(22-2)9-7-15/h3-10,19H,11H2,1-2H3,(H,20,21). The zero-order valence-electron chi connectivity index (χ0n) is 12.6. The van der Waals surface area contributed by atoms with Crippen LogP contribution >= 0.6 is 0 Å². The smallest absolute Gasteiger partial charge is 0.253 e. The van der Waals surface area contributed by atoms with Gasteiger partial charge in [-0.25, -0.2) is 0 Å². The first-order valence-corrected chi connectivity index (χ1v) is 7.17. The predicted molar refractivity (Wildman–Crippen MR) is 89.6 cm³/mol. The Labute approximate surface area is 128 Å². The normalized spacial score (nSPS) is 10.6. The molecule has 0 radical (unpaired) electrons. The van der Waals surface area contributed by atoms with Gasteiger partial charge in [0, 0.05) is 17.8 Å². The van der Waals surface area contributed by atoms with Gasteiger partial charge in [0.15, 0.2) is 0 Å². The number of pyridine rings is 1. The van der Waals surface area contributed by atoms with Gasteiger partial charge in [-0.3, -0.25) is 4.79 Å². The summed E-state index contributed by atoms with van der Waals surface area (Å²) in [7, 11) is 1.64. The summed E-state index contributed by atoms with van der Waals surface area (Å²) in [6.45, 7) is 2.47. The summed E-state index contributed by atoms with van der Waals surface area (Å²) in [6, 6.07) is 15.6. The van der Waals surface area contributed by atoms with Crippen LogP contribution in [0.4, 0.5) is 5.69 Å². The Balaban J connectivity index is 1.84. The molecule has 112 valence electrons. The first-order chi connectivity index (χ1) is 10.7. The van der Waals surface area contributed by atoms with Crippen molar-refractivity contribution in [3.05, 3.63) is 70.0 Å². The summed E-state index contributed by atoms with van der Waals surface area (Å²) in [5, 5.41) is 4.30. The number of H-pyrrole nitrogens is 1. The van der Waals surface area contributed by atoms with E-state index in [0.717, 1.165) is 27.9 Å². The van der Waals surface area contributed by atoms with Crippen LogP contribution in [0.2, 0.25) is 0 Å². The fourth-order valence-corrected chi connectivity index (χ4v) is 2.47. The first-order valence-electron chi connectivity index (χ1n) is 7.17. The second kappa shape index (κ2) is 5.93. The second-order valence-electron chi connectivity index (χ2n) is 5.24. The average Bonchev–Trinajstić information content (AvgIpc) is 2.54. The fourth-order valence-electron chi connectivity index (χ4n) is 2.47. The van der Waals surface area contributed by atoms with Crippen molar-refractivity contribution in [1.82, 2.24) is 4.98 Å². The molecule has 0 bridgehead atoms. The van der Waals surface area contributed by atoms with Crippen molar-refractivity contribution in [2.45, 2.75) is 13.5 Å². The molecule has 0 amide bonds. The number of aromatic amines is 1. The van der Waals surface area contributed by atoms with Gasteiger partial charge in [-0.1, -0.05) is 18.2 Å².